The molecule has 2 rings (SSSR count). The SMILES string of the molecule is COCCCNc1ccc(NC(=O)c2cccnc2)nn1. The number of hydrogen-bond acceptors (Lipinski definition) is 6. The lowest BCUT2D eigenvalue weighted by Gasteiger charge is -2.06. The van der Waals surface area contributed by atoms with Gasteiger partial charge in [0, 0.05) is 32.7 Å². The molecule has 0 saturated heterocycles. The van der Waals surface area contributed by atoms with E-state index in [2.05, 4.69) is 25.8 Å². The zero-order valence-electron chi connectivity index (χ0n) is 11.7. The Labute approximate surface area is 122 Å². The van der Waals surface area contributed by atoms with Crippen LogP contribution < -0.4 is 10.6 Å². The second-order valence-electron chi connectivity index (χ2n) is 4.27. The lowest BCUT2D eigenvalue weighted by molar-refractivity contribution is 0.102. The number of nitrogens with one attached hydrogen (secondary N) is 2. The topological polar surface area (TPSA) is 89.0 Å². The maximum Gasteiger partial charge on any atom is 0.258 e. The summed E-state index contributed by atoms with van der Waals surface area (Å²) in [6.07, 6.45) is 3.99. The fourth-order valence-corrected chi connectivity index (χ4v) is 1.61. The van der Waals surface area contributed by atoms with E-state index in [4.69, 9.17) is 4.74 Å². The summed E-state index contributed by atoms with van der Waals surface area (Å²) < 4.78 is 4.96. The van der Waals surface area contributed by atoms with Crippen molar-refractivity contribution in [3.05, 3.63) is 42.2 Å². The van der Waals surface area contributed by atoms with E-state index in [0.29, 0.717) is 23.8 Å². The molecule has 0 spiro atoms. The first-order valence-corrected chi connectivity index (χ1v) is 6.57. The lowest BCUT2D eigenvalue weighted by atomic mass is 10.3. The standard InChI is InChI=1S/C14H17N5O2/c1-21-9-3-8-16-12-5-6-13(19-18-12)17-14(20)11-4-2-7-15-10-11/h2,4-7,10H,3,8-9H2,1H3,(H,16,18)(H,17,19,20). The highest BCUT2D eigenvalue weighted by Crippen LogP contribution is 2.08. The first-order valence-electron chi connectivity index (χ1n) is 6.57. The smallest absolute Gasteiger partial charge is 0.258 e. The molecule has 0 atom stereocenters. The maximum atomic E-state index is 11.9. The number of pyridine rings is 1. The Morgan fingerprint density at radius 2 is 2.05 bits per heavy atom. The minimum absolute atomic E-state index is 0.266. The van der Waals surface area contributed by atoms with E-state index in [-0.39, 0.29) is 5.91 Å². The van der Waals surface area contributed by atoms with Crippen LogP contribution in [0, 0.1) is 0 Å². The Bertz CT molecular complexity index is 559. The molecule has 1 amide bonds. The molecule has 0 bridgehead atoms. The summed E-state index contributed by atoms with van der Waals surface area (Å²) in [6, 6.07) is 6.84. The third kappa shape index (κ3) is 4.81. The van der Waals surface area contributed by atoms with Crippen molar-refractivity contribution in [3.8, 4) is 0 Å². The minimum Gasteiger partial charge on any atom is -0.385 e. The Kier molecular flexibility index (Phi) is 5.60. The van der Waals surface area contributed by atoms with Gasteiger partial charge < -0.3 is 15.4 Å². The summed E-state index contributed by atoms with van der Waals surface area (Å²) in [5.74, 6) is 0.787. The first kappa shape index (κ1) is 14.9. The maximum absolute atomic E-state index is 11.9. The molecular weight excluding hydrogens is 270 g/mol. The Morgan fingerprint density at radius 1 is 1.24 bits per heavy atom. The zero-order valence-corrected chi connectivity index (χ0v) is 11.7. The predicted octanol–water partition coefficient (Wildman–Crippen LogP) is 1.57. The number of nitrogens with zero attached hydrogens (tertiary/aromatic N) is 3. The highest BCUT2D eigenvalue weighted by Gasteiger charge is 2.06. The van der Waals surface area contributed by atoms with Crippen LogP contribution in [0.1, 0.15) is 16.8 Å². The molecule has 7 heteroatoms. The highest BCUT2D eigenvalue weighted by molar-refractivity contribution is 6.03. The number of carbonyl (C=O) groups is 1. The van der Waals surface area contributed by atoms with Gasteiger partial charge in [-0.05, 0) is 30.7 Å². The highest BCUT2D eigenvalue weighted by atomic mass is 16.5. The van der Waals surface area contributed by atoms with Gasteiger partial charge in [-0.15, -0.1) is 10.2 Å². The normalized spacial score (nSPS) is 10.1. The molecule has 2 aromatic rings. The average molecular weight is 287 g/mol. The van der Waals surface area contributed by atoms with Crippen LogP contribution in [0.15, 0.2) is 36.7 Å². The first-order chi connectivity index (χ1) is 10.3. The fraction of sp³-hybridized carbons (Fsp3) is 0.286. The number of methoxy groups -OCH3 is 1. The van der Waals surface area contributed by atoms with Crippen molar-refractivity contribution >= 4 is 17.5 Å². The molecule has 2 N–H and O–H groups in total. The summed E-state index contributed by atoms with van der Waals surface area (Å²) in [6.45, 7) is 1.45. The molecule has 0 radical (unpaired) electrons. The molecule has 7 nitrogen and oxygen atoms in total. The minimum atomic E-state index is -0.266. The summed E-state index contributed by atoms with van der Waals surface area (Å²) >= 11 is 0. The quantitative estimate of drug-likeness (QED) is 0.751. The van der Waals surface area contributed by atoms with Crippen molar-refractivity contribution in [2.24, 2.45) is 0 Å². The van der Waals surface area contributed by atoms with Crippen molar-refractivity contribution in [3.63, 3.8) is 0 Å². The van der Waals surface area contributed by atoms with Crippen LogP contribution in [0.25, 0.3) is 0 Å². The number of ether oxygens (including phenoxy) is 1. The third-order valence-electron chi connectivity index (χ3n) is 2.66. The van der Waals surface area contributed by atoms with Gasteiger partial charge in [0.05, 0.1) is 5.56 Å². The van der Waals surface area contributed by atoms with Crippen LogP contribution >= 0.6 is 0 Å². The van der Waals surface area contributed by atoms with E-state index in [1.165, 1.54) is 6.20 Å². The molecule has 0 aliphatic heterocycles. The third-order valence-corrected chi connectivity index (χ3v) is 2.66. The van der Waals surface area contributed by atoms with Crippen LogP contribution in [0.4, 0.5) is 11.6 Å². The van der Waals surface area contributed by atoms with Crippen molar-refractivity contribution in [2.45, 2.75) is 6.42 Å². The van der Waals surface area contributed by atoms with Gasteiger partial charge in [-0.3, -0.25) is 9.78 Å². The molecule has 2 aromatic heterocycles. The number of amides is 1. The number of aromatic nitrogens is 3. The molecule has 0 fully saturated rings. The Balaban J connectivity index is 1.86. The van der Waals surface area contributed by atoms with Crippen molar-refractivity contribution in [1.82, 2.24) is 15.2 Å². The molecule has 110 valence electrons. The van der Waals surface area contributed by atoms with E-state index < -0.39 is 0 Å². The van der Waals surface area contributed by atoms with Crippen LogP contribution in [0.3, 0.4) is 0 Å². The van der Waals surface area contributed by atoms with E-state index in [9.17, 15) is 4.79 Å². The van der Waals surface area contributed by atoms with Crippen LogP contribution in [0.5, 0.6) is 0 Å². The van der Waals surface area contributed by atoms with Gasteiger partial charge >= 0.3 is 0 Å². The van der Waals surface area contributed by atoms with E-state index in [1.807, 2.05) is 0 Å². The summed E-state index contributed by atoms with van der Waals surface area (Å²) in [7, 11) is 1.67. The predicted molar refractivity (Wildman–Crippen MR) is 79.2 cm³/mol. The van der Waals surface area contributed by atoms with Gasteiger partial charge in [-0.1, -0.05) is 0 Å². The van der Waals surface area contributed by atoms with Crippen molar-refractivity contribution < 1.29 is 9.53 Å². The molecule has 21 heavy (non-hydrogen) atoms. The van der Waals surface area contributed by atoms with Crippen molar-refractivity contribution in [2.75, 3.05) is 30.9 Å². The molecular formula is C14H17N5O2. The van der Waals surface area contributed by atoms with E-state index in [1.54, 1.807) is 37.6 Å². The average Bonchev–Trinajstić information content (AvgIpc) is 2.54. The second-order valence-corrected chi connectivity index (χ2v) is 4.27. The van der Waals surface area contributed by atoms with Crippen molar-refractivity contribution in [1.29, 1.82) is 0 Å². The Hall–Kier alpha value is -2.54. The summed E-state index contributed by atoms with van der Waals surface area (Å²) in [4.78, 5) is 15.8. The lowest BCUT2D eigenvalue weighted by Crippen LogP contribution is -2.14. The van der Waals surface area contributed by atoms with Gasteiger partial charge in [0.2, 0.25) is 0 Å². The number of rotatable bonds is 7. The van der Waals surface area contributed by atoms with Crippen LogP contribution in [-0.4, -0.2) is 41.3 Å². The van der Waals surface area contributed by atoms with Gasteiger partial charge in [0.1, 0.15) is 5.82 Å². The summed E-state index contributed by atoms with van der Waals surface area (Å²) in [5, 5.41) is 13.7. The second kappa shape index (κ2) is 7.91. The van der Waals surface area contributed by atoms with E-state index >= 15 is 0 Å². The molecule has 0 aliphatic carbocycles. The number of anilines is 2. The molecule has 0 aliphatic rings. The summed E-state index contributed by atoms with van der Waals surface area (Å²) in [5.41, 5.74) is 0.473. The van der Waals surface area contributed by atoms with Crippen LogP contribution in [0.2, 0.25) is 0 Å². The van der Waals surface area contributed by atoms with Gasteiger partial charge in [-0.25, -0.2) is 0 Å². The molecule has 2 heterocycles. The largest absolute Gasteiger partial charge is 0.385 e. The van der Waals surface area contributed by atoms with E-state index in [0.717, 1.165) is 13.0 Å². The Morgan fingerprint density at radius 3 is 2.71 bits per heavy atom. The zero-order chi connectivity index (χ0) is 14.9. The van der Waals surface area contributed by atoms with Gasteiger partial charge in [0.25, 0.3) is 5.91 Å². The number of carbonyl (C=O) groups excluding carboxylic acids is 1. The fourth-order valence-electron chi connectivity index (χ4n) is 1.61. The molecule has 0 unspecified atom stereocenters. The molecule has 0 saturated carbocycles. The monoisotopic (exact) mass is 287 g/mol. The molecule has 0 aromatic carbocycles. The van der Waals surface area contributed by atoms with Gasteiger partial charge in [0.15, 0.2) is 5.82 Å². The van der Waals surface area contributed by atoms with Crippen LogP contribution in [-0.2, 0) is 4.74 Å². The van der Waals surface area contributed by atoms with Gasteiger partial charge in [-0.2, -0.15) is 0 Å². The number of hydrogen-bond donors (Lipinski definition) is 2.